The molecule has 1 aromatic carbocycles. The van der Waals surface area contributed by atoms with Crippen LogP contribution in [0.1, 0.15) is 133 Å². The normalized spacial score (nSPS) is 38.3. The summed E-state index contributed by atoms with van der Waals surface area (Å²) in [5, 5.41) is 11.7. The van der Waals surface area contributed by atoms with Gasteiger partial charge in [0.15, 0.2) is 5.78 Å². The first kappa shape index (κ1) is 36.6. The number of Topliss-reactive ketones (excluding diaryl/α,β-unsaturated/α-hetero) is 1. The summed E-state index contributed by atoms with van der Waals surface area (Å²) in [6.07, 6.45) is 6.57. The molecule has 0 spiro atoms. The molecule has 0 unspecified atom stereocenters. The standard InChI is InChI=1S/C42H60ClNO5/c1-25(2)33-29(45)23-42(35(47)44(36(48)49-37(3,4)5)24-26-11-13-27(43)14-12-26)22-21-40(9)28(34(33)42)15-16-31-39(8)19-18-32(46)38(6,7)30(39)17-20-41(31,40)10/h11-14,25,28,30-32,46H,15-24H2,1-10H3/t28-,30+,31-,32+,39+,40-,41-,42-/m1/s1. The molecule has 6 rings (SSSR count). The number of aliphatic hydroxyl groups is 1. The van der Waals surface area contributed by atoms with Gasteiger partial charge in [-0.15, -0.1) is 0 Å². The van der Waals surface area contributed by atoms with Gasteiger partial charge in [0, 0.05) is 11.4 Å². The van der Waals surface area contributed by atoms with E-state index in [1.54, 1.807) is 12.1 Å². The molecule has 49 heavy (non-hydrogen) atoms. The van der Waals surface area contributed by atoms with E-state index in [1.165, 1.54) is 4.90 Å². The molecular weight excluding hydrogens is 634 g/mol. The van der Waals surface area contributed by atoms with Crippen molar-refractivity contribution in [2.75, 3.05) is 0 Å². The number of carbonyl (C=O) groups is 3. The Balaban J connectivity index is 1.43. The summed E-state index contributed by atoms with van der Waals surface area (Å²) in [6.45, 7) is 21.7. The third kappa shape index (κ3) is 5.47. The molecule has 270 valence electrons. The molecule has 0 aliphatic heterocycles. The Kier molecular flexibility index (Phi) is 8.92. The van der Waals surface area contributed by atoms with E-state index in [-0.39, 0.29) is 64.3 Å². The topological polar surface area (TPSA) is 83.9 Å². The minimum absolute atomic E-state index is 0.0175. The van der Waals surface area contributed by atoms with Crippen LogP contribution >= 0.6 is 11.6 Å². The predicted molar refractivity (Wildman–Crippen MR) is 194 cm³/mol. The highest BCUT2D eigenvalue weighted by Crippen LogP contribution is 2.76. The van der Waals surface area contributed by atoms with Crippen molar-refractivity contribution >= 4 is 29.4 Å². The molecule has 0 saturated heterocycles. The number of ether oxygens (including phenoxy) is 1. The van der Waals surface area contributed by atoms with E-state index in [0.717, 1.165) is 61.7 Å². The summed E-state index contributed by atoms with van der Waals surface area (Å²) >= 11 is 6.19. The number of amides is 2. The number of aliphatic hydroxyl groups excluding tert-OH is 1. The Hall–Kier alpha value is -2.18. The summed E-state index contributed by atoms with van der Waals surface area (Å²) in [6, 6.07) is 7.21. The summed E-state index contributed by atoms with van der Waals surface area (Å²) in [4.78, 5) is 44.7. The summed E-state index contributed by atoms with van der Waals surface area (Å²) < 4.78 is 5.87. The van der Waals surface area contributed by atoms with E-state index in [9.17, 15) is 14.7 Å². The second kappa shape index (κ2) is 11.9. The van der Waals surface area contributed by atoms with Crippen LogP contribution in [0.2, 0.25) is 5.02 Å². The van der Waals surface area contributed by atoms with Crippen LogP contribution in [0.4, 0.5) is 4.79 Å². The molecule has 4 saturated carbocycles. The smallest absolute Gasteiger partial charge is 0.417 e. The minimum Gasteiger partial charge on any atom is -0.443 e. The number of hydrogen-bond acceptors (Lipinski definition) is 5. The molecule has 1 N–H and O–H groups in total. The van der Waals surface area contributed by atoms with E-state index in [4.69, 9.17) is 16.3 Å². The van der Waals surface area contributed by atoms with Crippen LogP contribution in [0.5, 0.6) is 0 Å². The van der Waals surface area contributed by atoms with Gasteiger partial charge in [0.05, 0.1) is 18.1 Å². The van der Waals surface area contributed by atoms with Gasteiger partial charge in [0.25, 0.3) is 0 Å². The Morgan fingerprint density at radius 3 is 2.18 bits per heavy atom. The zero-order valence-electron chi connectivity index (χ0n) is 31.7. The number of fused-ring (bicyclic) bond motifs is 7. The van der Waals surface area contributed by atoms with Gasteiger partial charge < -0.3 is 9.84 Å². The van der Waals surface area contributed by atoms with Crippen LogP contribution in [-0.4, -0.2) is 39.5 Å². The SMILES string of the molecule is CC(C)C1=C2[C@H]3CC[C@@H]4[C@@]5(C)CC[C@H](O)C(C)(C)[C@@H]5CC[C@@]4(C)[C@]3(C)CC[C@@]2(C(=O)N(Cc2ccc(Cl)cc2)C(=O)OC(C)(C)C)CC1=O. The second-order valence-electron chi connectivity index (χ2n) is 19.2. The van der Waals surface area contributed by atoms with Crippen molar-refractivity contribution in [2.45, 2.75) is 145 Å². The maximum Gasteiger partial charge on any atom is 0.417 e. The molecule has 0 bridgehead atoms. The van der Waals surface area contributed by atoms with Gasteiger partial charge in [-0.2, -0.15) is 0 Å². The van der Waals surface area contributed by atoms with Crippen LogP contribution in [0.15, 0.2) is 35.4 Å². The molecule has 6 nitrogen and oxygen atoms in total. The molecule has 1 aromatic rings. The number of rotatable bonds is 4. The average molecular weight is 694 g/mol. The number of imide groups is 1. The molecule has 2 amide bonds. The first-order valence-corrected chi connectivity index (χ1v) is 19.3. The zero-order valence-corrected chi connectivity index (χ0v) is 32.4. The number of benzene rings is 1. The lowest BCUT2D eigenvalue weighted by Crippen LogP contribution is -2.66. The number of nitrogens with zero attached hydrogens (tertiary/aromatic N) is 1. The lowest BCUT2D eigenvalue weighted by molar-refractivity contribution is -0.228. The molecule has 0 aromatic heterocycles. The average Bonchev–Trinajstić information content (AvgIpc) is 3.31. The molecule has 5 aliphatic rings. The Bertz CT molecular complexity index is 1560. The molecule has 5 aliphatic carbocycles. The van der Waals surface area contributed by atoms with Crippen molar-refractivity contribution in [1.82, 2.24) is 4.90 Å². The maximum absolute atomic E-state index is 15.3. The van der Waals surface area contributed by atoms with E-state index in [2.05, 4.69) is 48.5 Å². The molecular formula is C42H60ClNO5. The molecule has 0 radical (unpaired) electrons. The summed E-state index contributed by atoms with van der Waals surface area (Å²) in [5.41, 5.74) is 0.679. The fraction of sp³-hybridized carbons (Fsp3) is 0.738. The van der Waals surface area contributed by atoms with Crippen LogP contribution in [0.3, 0.4) is 0 Å². The Labute approximate surface area is 299 Å². The van der Waals surface area contributed by atoms with E-state index >= 15 is 4.79 Å². The fourth-order valence-electron chi connectivity index (χ4n) is 12.4. The van der Waals surface area contributed by atoms with Gasteiger partial charge in [-0.3, -0.25) is 9.59 Å². The first-order valence-electron chi connectivity index (χ1n) is 18.9. The minimum atomic E-state index is -1.06. The van der Waals surface area contributed by atoms with Gasteiger partial charge in [0.2, 0.25) is 5.91 Å². The van der Waals surface area contributed by atoms with Gasteiger partial charge in [0.1, 0.15) is 5.60 Å². The maximum atomic E-state index is 15.3. The summed E-state index contributed by atoms with van der Waals surface area (Å²) in [5.74, 6) is 0.769. The zero-order chi connectivity index (χ0) is 36.1. The Morgan fingerprint density at radius 1 is 0.918 bits per heavy atom. The van der Waals surface area contributed by atoms with Crippen LogP contribution < -0.4 is 0 Å². The van der Waals surface area contributed by atoms with Crippen molar-refractivity contribution < 1.29 is 24.2 Å². The van der Waals surface area contributed by atoms with Crippen molar-refractivity contribution in [3.63, 3.8) is 0 Å². The highest BCUT2D eigenvalue weighted by molar-refractivity contribution is 6.30. The molecule has 0 heterocycles. The van der Waals surface area contributed by atoms with E-state index in [1.807, 2.05) is 32.9 Å². The van der Waals surface area contributed by atoms with Crippen molar-refractivity contribution in [3.8, 4) is 0 Å². The van der Waals surface area contributed by atoms with Crippen LogP contribution in [0, 0.1) is 50.7 Å². The third-order valence-corrected chi connectivity index (χ3v) is 15.2. The van der Waals surface area contributed by atoms with Gasteiger partial charge in [-0.25, -0.2) is 9.69 Å². The van der Waals surface area contributed by atoms with Crippen LogP contribution in [-0.2, 0) is 20.9 Å². The molecule has 7 heteroatoms. The highest BCUT2D eigenvalue weighted by atomic mass is 35.5. The highest BCUT2D eigenvalue weighted by Gasteiger charge is 2.71. The third-order valence-electron chi connectivity index (χ3n) is 14.9. The van der Waals surface area contributed by atoms with Crippen LogP contribution in [0.25, 0.3) is 0 Å². The van der Waals surface area contributed by atoms with Gasteiger partial charge in [-0.1, -0.05) is 72.2 Å². The van der Waals surface area contributed by atoms with Gasteiger partial charge in [-0.05, 0) is 146 Å². The first-order chi connectivity index (χ1) is 22.6. The van der Waals surface area contributed by atoms with Crippen molar-refractivity contribution in [1.29, 1.82) is 0 Å². The molecule has 4 fully saturated rings. The lowest BCUT2D eigenvalue weighted by Gasteiger charge is -2.72. The van der Waals surface area contributed by atoms with Crippen molar-refractivity contribution in [2.24, 2.45) is 50.7 Å². The predicted octanol–water partition coefficient (Wildman–Crippen LogP) is 9.95. The second-order valence-corrected chi connectivity index (χ2v) is 19.6. The number of carbonyl (C=O) groups excluding carboxylic acids is 3. The number of halogens is 1. The van der Waals surface area contributed by atoms with Gasteiger partial charge >= 0.3 is 6.09 Å². The number of hydrogen-bond donors (Lipinski definition) is 1. The summed E-state index contributed by atoms with van der Waals surface area (Å²) in [7, 11) is 0. The number of ketones is 1. The van der Waals surface area contributed by atoms with Crippen molar-refractivity contribution in [3.05, 3.63) is 46.0 Å². The largest absolute Gasteiger partial charge is 0.443 e. The quantitative estimate of drug-likeness (QED) is 0.339. The lowest BCUT2D eigenvalue weighted by atomic mass is 9.33. The Morgan fingerprint density at radius 2 is 1.57 bits per heavy atom. The monoisotopic (exact) mass is 693 g/mol. The number of allylic oxidation sites excluding steroid dienone is 1. The fourth-order valence-corrected chi connectivity index (χ4v) is 12.6. The van der Waals surface area contributed by atoms with E-state index in [0.29, 0.717) is 23.3 Å². The molecule has 8 atom stereocenters. The van der Waals surface area contributed by atoms with E-state index < -0.39 is 17.1 Å².